The molecule has 0 saturated carbocycles. The molecule has 148 valence electrons. The molecule has 28 heavy (non-hydrogen) atoms. The zero-order valence-electron chi connectivity index (χ0n) is 14.2. The molecule has 0 unspecified atom stereocenters. The highest BCUT2D eigenvalue weighted by atomic mass is 35.5. The lowest BCUT2D eigenvalue weighted by Crippen LogP contribution is -2.31. The monoisotopic (exact) mass is 430 g/mol. The predicted molar refractivity (Wildman–Crippen MR) is 95.8 cm³/mol. The lowest BCUT2D eigenvalue weighted by Gasteiger charge is -2.23. The SMILES string of the molecule is O=S(=O)(c1ccc(Cl)cc1C(F)(F)F)N(Cc1cccnc1)Cc1ccco1. The van der Waals surface area contributed by atoms with E-state index in [0.717, 1.165) is 16.4 Å². The summed E-state index contributed by atoms with van der Waals surface area (Å²) in [6.07, 6.45) is -0.585. The summed E-state index contributed by atoms with van der Waals surface area (Å²) in [5, 5.41) is -0.212. The number of aromatic nitrogens is 1. The standard InChI is InChI=1S/C18H14ClF3N2O3S/c19-14-5-6-17(16(9-14)18(20,21)22)28(25,26)24(12-15-4-2-8-27-15)11-13-3-1-7-23-10-13/h1-10H,11-12H2. The van der Waals surface area contributed by atoms with Crippen LogP contribution < -0.4 is 0 Å². The normalized spacial score (nSPS) is 12.5. The van der Waals surface area contributed by atoms with Gasteiger partial charge in [0, 0.05) is 24.0 Å². The Morgan fingerprint density at radius 1 is 1.11 bits per heavy atom. The van der Waals surface area contributed by atoms with Crippen LogP contribution in [0.15, 0.2) is 70.4 Å². The molecule has 0 aliphatic heterocycles. The van der Waals surface area contributed by atoms with E-state index in [4.69, 9.17) is 16.0 Å². The van der Waals surface area contributed by atoms with Crippen molar-refractivity contribution in [2.45, 2.75) is 24.2 Å². The molecule has 0 aliphatic rings. The average Bonchev–Trinajstić information content (AvgIpc) is 3.14. The van der Waals surface area contributed by atoms with Gasteiger partial charge in [-0.25, -0.2) is 8.42 Å². The van der Waals surface area contributed by atoms with Crippen molar-refractivity contribution in [1.82, 2.24) is 9.29 Å². The van der Waals surface area contributed by atoms with E-state index in [2.05, 4.69) is 4.98 Å². The fourth-order valence-corrected chi connectivity index (χ4v) is 4.34. The summed E-state index contributed by atoms with van der Waals surface area (Å²) in [4.78, 5) is 3.04. The minimum Gasteiger partial charge on any atom is -0.468 e. The first-order valence-electron chi connectivity index (χ1n) is 7.96. The van der Waals surface area contributed by atoms with E-state index in [1.165, 1.54) is 24.7 Å². The number of nitrogens with zero attached hydrogens (tertiary/aromatic N) is 2. The largest absolute Gasteiger partial charge is 0.468 e. The van der Waals surface area contributed by atoms with Crippen LogP contribution in [0.2, 0.25) is 5.02 Å². The maximum atomic E-state index is 13.5. The Morgan fingerprint density at radius 2 is 1.89 bits per heavy atom. The molecule has 5 nitrogen and oxygen atoms in total. The van der Waals surface area contributed by atoms with Crippen molar-refractivity contribution in [1.29, 1.82) is 0 Å². The van der Waals surface area contributed by atoms with Gasteiger partial charge in [-0.1, -0.05) is 17.7 Å². The smallest absolute Gasteiger partial charge is 0.417 e. The van der Waals surface area contributed by atoms with Crippen LogP contribution in [0.3, 0.4) is 0 Å². The number of pyridine rings is 1. The first-order valence-corrected chi connectivity index (χ1v) is 9.78. The zero-order chi connectivity index (χ0) is 20.4. The molecule has 0 aliphatic carbocycles. The average molecular weight is 431 g/mol. The summed E-state index contributed by atoms with van der Waals surface area (Å²) in [7, 11) is -4.54. The van der Waals surface area contributed by atoms with E-state index in [0.29, 0.717) is 11.6 Å². The second kappa shape index (κ2) is 7.94. The van der Waals surface area contributed by atoms with Crippen LogP contribution in [-0.4, -0.2) is 17.7 Å². The molecular weight excluding hydrogens is 417 g/mol. The van der Waals surface area contributed by atoms with Gasteiger partial charge in [-0.2, -0.15) is 17.5 Å². The molecule has 2 aromatic heterocycles. The highest BCUT2D eigenvalue weighted by Crippen LogP contribution is 2.37. The molecule has 0 radical (unpaired) electrons. The van der Waals surface area contributed by atoms with E-state index in [9.17, 15) is 21.6 Å². The molecule has 0 amide bonds. The summed E-state index contributed by atoms with van der Waals surface area (Å²) in [5.41, 5.74) is -0.809. The fourth-order valence-electron chi connectivity index (χ4n) is 2.59. The number of hydrogen-bond acceptors (Lipinski definition) is 4. The van der Waals surface area contributed by atoms with Crippen LogP contribution in [0, 0.1) is 0 Å². The highest BCUT2D eigenvalue weighted by molar-refractivity contribution is 7.89. The number of rotatable bonds is 6. The van der Waals surface area contributed by atoms with Crippen LogP contribution >= 0.6 is 11.6 Å². The summed E-state index contributed by atoms with van der Waals surface area (Å²) < 4.78 is 72.8. The molecule has 0 atom stereocenters. The van der Waals surface area contributed by atoms with Crippen molar-refractivity contribution in [2.75, 3.05) is 0 Å². The molecule has 0 saturated heterocycles. The Balaban J connectivity index is 2.08. The lowest BCUT2D eigenvalue weighted by molar-refractivity contribution is -0.139. The van der Waals surface area contributed by atoms with Gasteiger partial charge in [0.25, 0.3) is 0 Å². The van der Waals surface area contributed by atoms with Crippen molar-refractivity contribution in [3.63, 3.8) is 0 Å². The number of hydrogen-bond donors (Lipinski definition) is 0. The molecule has 2 heterocycles. The van der Waals surface area contributed by atoms with Gasteiger partial charge in [0.05, 0.1) is 23.3 Å². The molecule has 1 aromatic carbocycles. The Hall–Kier alpha value is -2.36. The quantitative estimate of drug-likeness (QED) is 0.566. The van der Waals surface area contributed by atoms with Gasteiger partial charge in [-0.15, -0.1) is 0 Å². The second-order valence-corrected chi connectivity index (χ2v) is 8.19. The summed E-state index contributed by atoms with van der Waals surface area (Å²) >= 11 is 5.67. The third-order valence-electron chi connectivity index (χ3n) is 3.86. The molecule has 0 spiro atoms. The van der Waals surface area contributed by atoms with Gasteiger partial charge in [-0.05, 0) is 42.0 Å². The molecule has 0 N–H and O–H groups in total. The van der Waals surface area contributed by atoms with Crippen molar-refractivity contribution in [2.24, 2.45) is 0 Å². The third kappa shape index (κ3) is 4.54. The predicted octanol–water partition coefficient (Wildman–Crippen LogP) is 4.74. The first-order chi connectivity index (χ1) is 13.2. The molecule has 3 aromatic rings. The van der Waals surface area contributed by atoms with Crippen molar-refractivity contribution >= 4 is 21.6 Å². The number of furan rings is 1. The Bertz CT molecular complexity index is 1040. The van der Waals surface area contributed by atoms with Crippen LogP contribution in [0.25, 0.3) is 0 Å². The minimum atomic E-state index is -4.89. The number of benzene rings is 1. The van der Waals surface area contributed by atoms with Crippen molar-refractivity contribution in [3.05, 3.63) is 83.0 Å². The van der Waals surface area contributed by atoms with Gasteiger partial charge in [0.2, 0.25) is 10.0 Å². The van der Waals surface area contributed by atoms with E-state index in [1.807, 2.05) is 0 Å². The zero-order valence-corrected chi connectivity index (χ0v) is 15.8. The second-order valence-electron chi connectivity index (χ2n) is 5.85. The van der Waals surface area contributed by atoms with Crippen molar-refractivity contribution in [3.8, 4) is 0 Å². The van der Waals surface area contributed by atoms with E-state index >= 15 is 0 Å². The van der Waals surface area contributed by atoms with E-state index in [-0.39, 0.29) is 23.9 Å². The maximum absolute atomic E-state index is 13.5. The Labute approximate surface area is 164 Å². The minimum absolute atomic E-state index is 0.184. The van der Waals surface area contributed by atoms with Gasteiger partial charge < -0.3 is 4.42 Å². The summed E-state index contributed by atoms with van der Waals surface area (Å²) in [5.74, 6) is 0.287. The molecule has 0 fully saturated rings. The number of sulfonamides is 1. The number of alkyl halides is 3. The van der Waals surface area contributed by atoms with Gasteiger partial charge in [0.15, 0.2) is 0 Å². The molecule has 3 rings (SSSR count). The molecular formula is C18H14ClF3N2O3S. The highest BCUT2D eigenvalue weighted by Gasteiger charge is 2.39. The third-order valence-corrected chi connectivity index (χ3v) is 5.94. The van der Waals surface area contributed by atoms with Crippen LogP contribution in [-0.2, 0) is 29.3 Å². The lowest BCUT2D eigenvalue weighted by atomic mass is 10.2. The van der Waals surface area contributed by atoms with Gasteiger partial charge >= 0.3 is 6.18 Å². The summed E-state index contributed by atoms with van der Waals surface area (Å²) in [6, 6.07) is 8.91. The molecule has 0 bridgehead atoms. The van der Waals surface area contributed by atoms with Crippen molar-refractivity contribution < 1.29 is 26.0 Å². The first kappa shape index (κ1) is 20.4. The summed E-state index contributed by atoms with van der Waals surface area (Å²) in [6.45, 7) is -0.430. The van der Waals surface area contributed by atoms with Crippen LogP contribution in [0.4, 0.5) is 13.2 Å². The van der Waals surface area contributed by atoms with Crippen LogP contribution in [0.5, 0.6) is 0 Å². The van der Waals surface area contributed by atoms with E-state index < -0.39 is 26.7 Å². The van der Waals surface area contributed by atoms with Crippen LogP contribution in [0.1, 0.15) is 16.9 Å². The maximum Gasteiger partial charge on any atom is 0.417 e. The van der Waals surface area contributed by atoms with Gasteiger partial charge in [-0.3, -0.25) is 4.98 Å². The van der Waals surface area contributed by atoms with E-state index in [1.54, 1.807) is 18.2 Å². The molecule has 10 heteroatoms. The Kier molecular flexibility index (Phi) is 5.78. The Morgan fingerprint density at radius 3 is 2.50 bits per heavy atom. The fraction of sp³-hybridized carbons (Fsp3) is 0.167. The van der Waals surface area contributed by atoms with Gasteiger partial charge in [0.1, 0.15) is 5.76 Å². The number of halogens is 4. The topological polar surface area (TPSA) is 63.4 Å².